The van der Waals surface area contributed by atoms with Crippen LogP contribution in [0.1, 0.15) is 97.2 Å². The Balaban J connectivity index is 2.54. The summed E-state index contributed by atoms with van der Waals surface area (Å²) in [4.78, 5) is 42.7. The Labute approximate surface area is 256 Å². The van der Waals surface area contributed by atoms with Gasteiger partial charge in [-0.25, -0.2) is 4.79 Å². The summed E-state index contributed by atoms with van der Waals surface area (Å²) in [6, 6.07) is 9.61. The minimum absolute atomic E-state index is 0.0292. The molecule has 2 aromatic carbocycles. The quantitative estimate of drug-likeness (QED) is 0.192. The monoisotopic (exact) mass is 601 g/mol. The normalized spacial score (nSPS) is 12.9. The molecule has 0 aromatic heterocycles. The molecule has 0 bridgehead atoms. The van der Waals surface area contributed by atoms with E-state index in [1.807, 2.05) is 26.8 Å². The molecule has 3 N–H and O–H groups in total. The Kier molecular flexibility index (Phi) is 13.6. The van der Waals surface area contributed by atoms with Crippen LogP contribution in [0.3, 0.4) is 0 Å². The second-order valence-electron chi connectivity index (χ2n) is 12.1. The third kappa shape index (κ3) is 10.9. The van der Waals surface area contributed by atoms with E-state index in [9.17, 15) is 19.5 Å². The van der Waals surface area contributed by atoms with Gasteiger partial charge in [0.15, 0.2) is 0 Å². The summed E-state index contributed by atoms with van der Waals surface area (Å²) in [6.45, 7) is 13.2. The molecular formula is C33H48ClN3O5. The number of para-hydroxylation sites is 1. The summed E-state index contributed by atoms with van der Waals surface area (Å²) >= 11 is 6.44. The van der Waals surface area contributed by atoms with E-state index in [1.165, 1.54) is 17.0 Å². The van der Waals surface area contributed by atoms with Gasteiger partial charge < -0.3 is 25.4 Å². The molecule has 8 nitrogen and oxygen atoms in total. The number of halogens is 1. The first-order valence-corrected chi connectivity index (χ1v) is 15.3. The maximum absolute atomic E-state index is 14.3. The van der Waals surface area contributed by atoms with Crippen LogP contribution in [-0.4, -0.2) is 46.1 Å². The number of hydrogen-bond acceptors (Lipinski definition) is 5. The molecule has 0 aliphatic rings. The Bertz CT molecular complexity index is 1170. The number of phenolic OH excluding ortho intramolecular Hbond substituents is 1. The number of ether oxygens (including phenoxy) is 1. The predicted molar refractivity (Wildman–Crippen MR) is 169 cm³/mol. The predicted octanol–water partition coefficient (Wildman–Crippen LogP) is 7.77. The smallest absolute Gasteiger partial charge is 0.408 e. The molecule has 2 atom stereocenters. The molecule has 0 radical (unpaired) electrons. The molecule has 0 heterocycles. The van der Waals surface area contributed by atoms with E-state index >= 15 is 0 Å². The van der Waals surface area contributed by atoms with Crippen molar-refractivity contribution in [3.05, 3.63) is 58.6 Å². The van der Waals surface area contributed by atoms with Crippen LogP contribution in [-0.2, 0) is 14.3 Å². The molecule has 0 saturated heterocycles. The summed E-state index contributed by atoms with van der Waals surface area (Å²) in [5, 5.41) is 16.4. The highest BCUT2D eigenvalue weighted by atomic mass is 35.5. The molecule has 2 rings (SSSR count). The highest BCUT2D eigenvalue weighted by Gasteiger charge is 2.37. The SMILES string of the molecule is CCCCCCCCN(C(=O)C(NC(=O)OC(C)(C)C)C(C)C)C(C(=O)Nc1c(C)cccc1Cl)c1cccc(O)c1. The Morgan fingerprint density at radius 2 is 1.64 bits per heavy atom. The second-order valence-corrected chi connectivity index (χ2v) is 12.5. The lowest BCUT2D eigenvalue weighted by molar-refractivity contribution is -0.141. The largest absolute Gasteiger partial charge is 0.508 e. The average Bonchev–Trinajstić information content (AvgIpc) is 2.89. The molecule has 2 unspecified atom stereocenters. The van der Waals surface area contributed by atoms with E-state index in [0.717, 1.165) is 37.7 Å². The number of aryl methyl sites for hydroxylation is 1. The zero-order valence-corrected chi connectivity index (χ0v) is 26.9. The summed E-state index contributed by atoms with van der Waals surface area (Å²) < 4.78 is 5.45. The second kappa shape index (κ2) is 16.4. The number of nitrogens with zero attached hydrogens (tertiary/aromatic N) is 1. The summed E-state index contributed by atoms with van der Waals surface area (Å²) in [6.07, 6.45) is 5.22. The number of hydrogen-bond donors (Lipinski definition) is 3. The highest BCUT2D eigenvalue weighted by molar-refractivity contribution is 6.34. The van der Waals surface area contributed by atoms with Crippen LogP contribution in [0.4, 0.5) is 10.5 Å². The number of anilines is 1. The molecule has 0 saturated carbocycles. The molecule has 0 fully saturated rings. The molecule has 3 amide bonds. The molecule has 9 heteroatoms. The molecule has 2 aromatic rings. The Morgan fingerprint density at radius 3 is 2.24 bits per heavy atom. The van der Waals surface area contributed by atoms with E-state index in [0.29, 0.717) is 22.7 Å². The fraction of sp³-hybridized carbons (Fsp3) is 0.545. The van der Waals surface area contributed by atoms with Gasteiger partial charge in [0.05, 0.1) is 10.7 Å². The van der Waals surface area contributed by atoms with Crippen molar-refractivity contribution in [3.63, 3.8) is 0 Å². The number of alkyl carbamates (subject to hydrolysis) is 1. The summed E-state index contributed by atoms with van der Waals surface area (Å²) in [7, 11) is 0. The van der Waals surface area contributed by atoms with Crippen LogP contribution in [0, 0.1) is 12.8 Å². The molecule has 0 aliphatic heterocycles. The number of carbonyl (C=O) groups excluding carboxylic acids is 3. The fourth-order valence-electron chi connectivity index (χ4n) is 4.71. The van der Waals surface area contributed by atoms with E-state index in [4.69, 9.17) is 16.3 Å². The van der Waals surface area contributed by atoms with Crippen molar-refractivity contribution in [2.24, 2.45) is 5.92 Å². The number of unbranched alkanes of at least 4 members (excludes halogenated alkanes) is 5. The lowest BCUT2D eigenvalue weighted by atomic mass is 9.98. The van der Waals surface area contributed by atoms with Crippen molar-refractivity contribution in [3.8, 4) is 5.75 Å². The molecule has 0 aliphatic carbocycles. The number of phenols is 1. The maximum Gasteiger partial charge on any atom is 0.408 e. The minimum Gasteiger partial charge on any atom is -0.508 e. The van der Waals surface area contributed by atoms with Crippen LogP contribution in [0.5, 0.6) is 5.75 Å². The van der Waals surface area contributed by atoms with Gasteiger partial charge in [-0.15, -0.1) is 0 Å². The first-order chi connectivity index (χ1) is 19.7. The number of amides is 3. The molecule has 42 heavy (non-hydrogen) atoms. The van der Waals surface area contributed by atoms with Gasteiger partial charge in [0.2, 0.25) is 5.91 Å². The van der Waals surface area contributed by atoms with Crippen LogP contribution in [0.15, 0.2) is 42.5 Å². The van der Waals surface area contributed by atoms with Gasteiger partial charge in [0.1, 0.15) is 23.4 Å². The lowest BCUT2D eigenvalue weighted by Crippen LogP contribution is -2.54. The van der Waals surface area contributed by atoms with Gasteiger partial charge >= 0.3 is 6.09 Å². The Hall–Kier alpha value is -3.26. The Morgan fingerprint density at radius 1 is 1.00 bits per heavy atom. The van der Waals surface area contributed by atoms with Crippen molar-refractivity contribution in [2.75, 3.05) is 11.9 Å². The van der Waals surface area contributed by atoms with Crippen LogP contribution in [0.25, 0.3) is 0 Å². The maximum atomic E-state index is 14.3. The zero-order valence-electron chi connectivity index (χ0n) is 26.1. The number of benzene rings is 2. The van der Waals surface area contributed by atoms with Crippen molar-refractivity contribution in [1.82, 2.24) is 10.2 Å². The van der Waals surface area contributed by atoms with Crippen LogP contribution >= 0.6 is 11.6 Å². The van der Waals surface area contributed by atoms with E-state index < -0.39 is 35.6 Å². The number of rotatable bonds is 14. The summed E-state index contributed by atoms with van der Waals surface area (Å²) in [5.74, 6) is -1.21. The van der Waals surface area contributed by atoms with Gasteiger partial charge in [-0.05, 0) is 69.4 Å². The lowest BCUT2D eigenvalue weighted by Gasteiger charge is -2.36. The van der Waals surface area contributed by atoms with Crippen molar-refractivity contribution in [1.29, 1.82) is 0 Å². The van der Waals surface area contributed by atoms with E-state index in [2.05, 4.69) is 17.6 Å². The zero-order chi connectivity index (χ0) is 31.4. The summed E-state index contributed by atoms with van der Waals surface area (Å²) in [5.41, 5.74) is 0.916. The van der Waals surface area contributed by atoms with Crippen LogP contribution in [0.2, 0.25) is 5.02 Å². The van der Waals surface area contributed by atoms with Gasteiger partial charge in [-0.2, -0.15) is 0 Å². The molecular weight excluding hydrogens is 554 g/mol. The average molecular weight is 602 g/mol. The first-order valence-electron chi connectivity index (χ1n) is 14.9. The molecule has 0 spiro atoms. The van der Waals surface area contributed by atoms with Crippen LogP contribution < -0.4 is 10.6 Å². The third-order valence-corrected chi connectivity index (χ3v) is 7.17. The van der Waals surface area contributed by atoms with Gasteiger partial charge in [0.25, 0.3) is 5.91 Å². The van der Waals surface area contributed by atoms with Crippen molar-refractivity contribution < 1.29 is 24.2 Å². The third-order valence-electron chi connectivity index (χ3n) is 6.86. The topological polar surface area (TPSA) is 108 Å². The number of aromatic hydroxyl groups is 1. The fourth-order valence-corrected chi connectivity index (χ4v) is 4.97. The highest BCUT2D eigenvalue weighted by Crippen LogP contribution is 2.31. The van der Waals surface area contributed by atoms with Gasteiger partial charge in [-0.3, -0.25) is 9.59 Å². The number of carbonyl (C=O) groups is 3. The first kappa shape index (κ1) is 34.9. The van der Waals surface area contributed by atoms with E-state index in [-0.39, 0.29) is 18.2 Å². The van der Waals surface area contributed by atoms with Gasteiger partial charge in [-0.1, -0.05) is 88.7 Å². The van der Waals surface area contributed by atoms with Crippen molar-refractivity contribution >= 4 is 35.2 Å². The van der Waals surface area contributed by atoms with Crippen molar-refractivity contribution in [2.45, 2.75) is 105 Å². The van der Waals surface area contributed by atoms with E-state index in [1.54, 1.807) is 45.0 Å². The minimum atomic E-state index is -1.10. The number of nitrogens with one attached hydrogen (secondary N) is 2. The van der Waals surface area contributed by atoms with Gasteiger partial charge in [0, 0.05) is 6.54 Å². The molecule has 232 valence electrons. The standard InChI is InChI=1S/C33H48ClN3O5/c1-8-9-10-11-12-13-20-37(31(40)27(22(2)3)36-32(41)42-33(5,6)7)29(24-17-15-18-25(38)21-24)30(39)35-28-23(4)16-14-19-26(28)34/h14-19,21-22,27,29,38H,8-13,20H2,1-7H3,(H,35,39)(H,36,41).